The van der Waals surface area contributed by atoms with Gasteiger partial charge in [0.1, 0.15) is 0 Å². The van der Waals surface area contributed by atoms with Crippen LogP contribution < -0.4 is 5.73 Å². The molecule has 0 bridgehead atoms. The van der Waals surface area contributed by atoms with E-state index in [1.807, 2.05) is 10.9 Å². The van der Waals surface area contributed by atoms with E-state index >= 15 is 0 Å². The van der Waals surface area contributed by atoms with Gasteiger partial charge in [-0.05, 0) is 12.3 Å². The minimum atomic E-state index is 0.765. The van der Waals surface area contributed by atoms with Crippen LogP contribution in [0.25, 0.3) is 0 Å². The molecule has 0 aromatic carbocycles. The van der Waals surface area contributed by atoms with Gasteiger partial charge in [-0.2, -0.15) is 5.10 Å². The van der Waals surface area contributed by atoms with Gasteiger partial charge in [0, 0.05) is 12.7 Å². The van der Waals surface area contributed by atoms with E-state index in [4.69, 9.17) is 5.73 Å². The second kappa shape index (κ2) is 2.57. The number of aromatic nitrogens is 2. The first-order valence-electron chi connectivity index (χ1n) is 4.12. The van der Waals surface area contributed by atoms with Crippen LogP contribution in [0.1, 0.15) is 19.3 Å². The van der Waals surface area contributed by atoms with Crippen LogP contribution in [-0.2, 0) is 6.54 Å². The van der Waals surface area contributed by atoms with Crippen molar-refractivity contribution in [1.29, 1.82) is 0 Å². The van der Waals surface area contributed by atoms with Gasteiger partial charge in [0.2, 0.25) is 0 Å². The maximum Gasteiger partial charge on any atom is 0.0719 e. The number of nitrogen functional groups attached to an aromatic ring is 1. The SMILES string of the molecule is Nc1cnn(CCC2CC2)c1. The zero-order valence-electron chi connectivity index (χ0n) is 6.53. The van der Waals surface area contributed by atoms with Gasteiger partial charge in [-0.15, -0.1) is 0 Å². The number of hydrogen-bond acceptors (Lipinski definition) is 2. The number of nitrogens with two attached hydrogens (primary N) is 1. The van der Waals surface area contributed by atoms with Gasteiger partial charge in [-0.1, -0.05) is 12.8 Å². The van der Waals surface area contributed by atoms with Crippen molar-refractivity contribution >= 4 is 5.69 Å². The normalized spacial score (nSPS) is 17.1. The third-order valence-electron chi connectivity index (χ3n) is 2.12. The smallest absolute Gasteiger partial charge is 0.0719 e. The Morgan fingerprint density at radius 3 is 3.00 bits per heavy atom. The molecule has 3 heteroatoms. The van der Waals surface area contributed by atoms with E-state index in [-0.39, 0.29) is 0 Å². The third-order valence-corrected chi connectivity index (χ3v) is 2.12. The lowest BCUT2D eigenvalue weighted by atomic mass is 10.3. The number of nitrogens with zero attached hydrogens (tertiary/aromatic N) is 2. The molecule has 1 aromatic heterocycles. The van der Waals surface area contributed by atoms with Crippen LogP contribution in [0, 0.1) is 5.92 Å². The van der Waals surface area contributed by atoms with E-state index in [2.05, 4.69) is 5.10 Å². The first-order chi connectivity index (χ1) is 5.34. The van der Waals surface area contributed by atoms with Crippen LogP contribution in [0.4, 0.5) is 5.69 Å². The summed E-state index contributed by atoms with van der Waals surface area (Å²) in [6, 6.07) is 0. The molecule has 1 heterocycles. The van der Waals surface area contributed by atoms with Crippen LogP contribution in [0.2, 0.25) is 0 Å². The highest BCUT2D eigenvalue weighted by Gasteiger charge is 2.20. The van der Waals surface area contributed by atoms with Gasteiger partial charge in [0.15, 0.2) is 0 Å². The van der Waals surface area contributed by atoms with Gasteiger partial charge in [0.05, 0.1) is 11.9 Å². The Bertz CT molecular complexity index is 237. The molecule has 0 aliphatic heterocycles. The van der Waals surface area contributed by atoms with Gasteiger partial charge in [-0.3, -0.25) is 4.68 Å². The molecule has 3 nitrogen and oxygen atoms in total. The van der Waals surface area contributed by atoms with Crippen molar-refractivity contribution in [3.8, 4) is 0 Å². The fourth-order valence-corrected chi connectivity index (χ4v) is 1.22. The topological polar surface area (TPSA) is 43.8 Å². The number of aryl methyl sites for hydroxylation is 1. The van der Waals surface area contributed by atoms with E-state index in [0.29, 0.717) is 0 Å². The third kappa shape index (κ3) is 1.73. The van der Waals surface area contributed by atoms with E-state index < -0.39 is 0 Å². The van der Waals surface area contributed by atoms with Crippen molar-refractivity contribution < 1.29 is 0 Å². The lowest BCUT2D eigenvalue weighted by molar-refractivity contribution is 0.547. The summed E-state index contributed by atoms with van der Waals surface area (Å²) < 4.78 is 1.92. The fraction of sp³-hybridized carbons (Fsp3) is 0.625. The number of anilines is 1. The van der Waals surface area contributed by atoms with E-state index in [0.717, 1.165) is 18.2 Å². The molecule has 11 heavy (non-hydrogen) atoms. The molecule has 0 amide bonds. The Morgan fingerprint density at radius 1 is 1.64 bits per heavy atom. The molecule has 1 aliphatic rings. The fourth-order valence-electron chi connectivity index (χ4n) is 1.22. The number of hydrogen-bond donors (Lipinski definition) is 1. The minimum Gasteiger partial charge on any atom is -0.396 e. The van der Waals surface area contributed by atoms with Crippen molar-refractivity contribution in [2.75, 3.05) is 5.73 Å². The maximum absolute atomic E-state index is 5.52. The van der Waals surface area contributed by atoms with Gasteiger partial charge >= 0.3 is 0 Å². The molecule has 2 rings (SSSR count). The molecule has 0 radical (unpaired) electrons. The molecule has 60 valence electrons. The van der Waals surface area contributed by atoms with Crippen molar-refractivity contribution in [1.82, 2.24) is 9.78 Å². The van der Waals surface area contributed by atoms with Crippen LogP contribution in [0.5, 0.6) is 0 Å². The molecule has 0 unspecified atom stereocenters. The largest absolute Gasteiger partial charge is 0.396 e. The standard InChI is InChI=1S/C8H13N3/c9-8-5-10-11(6-8)4-3-7-1-2-7/h5-7H,1-4,9H2. The van der Waals surface area contributed by atoms with Crippen LogP contribution >= 0.6 is 0 Å². The zero-order valence-corrected chi connectivity index (χ0v) is 6.53. The number of rotatable bonds is 3. The molecule has 1 aliphatic carbocycles. The van der Waals surface area contributed by atoms with E-state index in [1.54, 1.807) is 6.20 Å². The average Bonchev–Trinajstić information content (AvgIpc) is 2.72. The predicted molar refractivity (Wildman–Crippen MR) is 44.0 cm³/mol. The summed E-state index contributed by atoms with van der Waals surface area (Å²) in [7, 11) is 0. The molecule has 0 spiro atoms. The van der Waals surface area contributed by atoms with Crippen molar-refractivity contribution in [2.45, 2.75) is 25.8 Å². The molecule has 0 saturated heterocycles. The molecule has 0 atom stereocenters. The molecular weight excluding hydrogens is 138 g/mol. The first-order valence-corrected chi connectivity index (χ1v) is 4.12. The van der Waals surface area contributed by atoms with E-state index in [1.165, 1.54) is 19.3 Å². The highest BCUT2D eigenvalue weighted by molar-refractivity contribution is 5.30. The molecule has 1 fully saturated rings. The van der Waals surface area contributed by atoms with Crippen LogP contribution in [0.3, 0.4) is 0 Å². The summed E-state index contributed by atoms with van der Waals surface area (Å²) >= 11 is 0. The summed E-state index contributed by atoms with van der Waals surface area (Å²) in [5, 5.41) is 4.11. The first kappa shape index (κ1) is 6.70. The zero-order chi connectivity index (χ0) is 7.68. The van der Waals surface area contributed by atoms with Crippen molar-refractivity contribution in [3.63, 3.8) is 0 Å². The lowest BCUT2D eigenvalue weighted by Gasteiger charge is -1.97. The second-order valence-corrected chi connectivity index (χ2v) is 3.27. The quantitative estimate of drug-likeness (QED) is 0.706. The Kier molecular flexibility index (Phi) is 1.56. The van der Waals surface area contributed by atoms with Crippen molar-refractivity contribution in [3.05, 3.63) is 12.4 Å². The molecule has 1 aromatic rings. The van der Waals surface area contributed by atoms with Gasteiger partial charge < -0.3 is 5.73 Å². The summed E-state index contributed by atoms with van der Waals surface area (Å²) in [5.74, 6) is 0.973. The summed E-state index contributed by atoms with van der Waals surface area (Å²) in [6.07, 6.45) is 7.68. The summed E-state index contributed by atoms with van der Waals surface area (Å²) in [5.41, 5.74) is 6.28. The monoisotopic (exact) mass is 151 g/mol. The Balaban J connectivity index is 1.85. The van der Waals surface area contributed by atoms with Crippen molar-refractivity contribution in [2.24, 2.45) is 5.92 Å². The van der Waals surface area contributed by atoms with E-state index in [9.17, 15) is 0 Å². The predicted octanol–water partition coefficient (Wildman–Crippen LogP) is 1.27. The second-order valence-electron chi connectivity index (χ2n) is 3.27. The summed E-state index contributed by atoms with van der Waals surface area (Å²) in [4.78, 5) is 0. The molecular formula is C8H13N3. The highest BCUT2D eigenvalue weighted by atomic mass is 15.3. The maximum atomic E-state index is 5.52. The average molecular weight is 151 g/mol. The van der Waals surface area contributed by atoms with Gasteiger partial charge in [0.25, 0.3) is 0 Å². The Morgan fingerprint density at radius 2 is 2.45 bits per heavy atom. The van der Waals surface area contributed by atoms with Crippen LogP contribution in [0.15, 0.2) is 12.4 Å². The lowest BCUT2D eigenvalue weighted by Crippen LogP contribution is -1.98. The van der Waals surface area contributed by atoms with Gasteiger partial charge in [-0.25, -0.2) is 0 Å². The Hall–Kier alpha value is -0.990. The van der Waals surface area contributed by atoms with Crippen LogP contribution in [-0.4, -0.2) is 9.78 Å². The minimum absolute atomic E-state index is 0.765. The summed E-state index contributed by atoms with van der Waals surface area (Å²) in [6.45, 7) is 1.03. The Labute approximate surface area is 66.2 Å². The highest BCUT2D eigenvalue weighted by Crippen LogP contribution is 2.32. The molecule has 1 saturated carbocycles. The molecule has 2 N–H and O–H groups in total.